The van der Waals surface area contributed by atoms with Crippen molar-refractivity contribution in [3.63, 3.8) is 0 Å². The number of benzene rings is 2. The molecule has 1 aliphatic carbocycles. The highest BCUT2D eigenvalue weighted by molar-refractivity contribution is 7.90. The van der Waals surface area contributed by atoms with Crippen molar-refractivity contribution in [1.82, 2.24) is 23.9 Å². The van der Waals surface area contributed by atoms with Crippen molar-refractivity contribution in [1.29, 1.82) is 0 Å². The number of anilines is 2. The highest BCUT2D eigenvalue weighted by Gasteiger charge is 2.34. The van der Waals surface area contributed by atoms with Gasteiger partial charge in [0.2, 0.25) is 5.28 Å². The predicted octanol–water partition coefficient (Wildman–Crippen LogP) is 7.67. The lowest BCUT2D eigenvalue weighted by molar-refractivity contribution is -0.141. The van der Waals surface area contributed by atoms with Gasteiger partial charge in [0, 0.05) is 41.4 Å². The monoisotopic (exact) mass is 709 g/mol. The zero-order valence-electron chi connectivity index (χ0n) is 25.2. The van der Waals surface area contributed by atoms with Crippen molar-refractivity contribution in [3.8, 4) is 11.4 Å². The second-order valence-electron chi connectivity index (χ2n) is 11.5. The van der Waals surface area contributed by atoms with E-state index in [1.807, 2.05) is 0 Å². The fourth-order valence-electron chi connectivity index (χ4n) is 5.71. The van der Waals surface area contributed by atoms with Gasteiger partial charge in [-0.1, -0.05) is 17.7 Å². The quantitative estimate of drug-likeness (QED) is 0.131. The molecule has 0 spiro atoms. The maximum atomic E-state index is 15.4. The second kappa shape index (κ2) is 12.5. The molecular formula is C31H26ClF6N7O2S. The molecule has 9 nitrogen and oxygen atoms in total. The Morgan fingerprint density at radius 2 is 1.60 bits per heavy atom. The molecule has 0 bridgehead atoms. The SMILES string of the molecule is Cc1ccc(S(=O)(=O)n2cc(-c3nc(C)c(F)c(N[C@@H]4CCC[C@H](Nc5cc(C(F)(F)F)nc(Cl)n5)C4)n3)c3cc(F)cc(F)c32)cc1. The van der Waals surface area contributed by atoms with Crippen molar-refractivity contribution >= 4 is 44.2 Å². The van der Waals surface area contributed by atoms with Crippen molar-refractivity contribution in [2.45, 2.75) is 62.7 Å². The van der Waals surface area contributed by atoms with Gasteiger partial charge < -0.3 is 10.6 Å². The van der Waals surface area contributed by atoms with Crippen LogP contribution >= 0.6 is 11.6 Å². The molecule has 0 unspecified atom stereocenters. The van der Waals surface area contributed by atoms with Crippen molar-refractivity contribution in [2.75, 3.05) is 10.6 Å². The highest BCUT2D eigenvalue weighted by atomic mass is 35.5. The van der Waals surface area contributed by atoms with Gasteiger partial charge in [-0.3, -0.25) is 0 Å². The topological polar surface area (TPSA) is 115 Å². The van der Waals surface area contributed by atoms with E-state index in [4.69, 9.17) is 11.6 Å². The van der Waals surface area contributed by atoms with Gasteiger partial charge in [0.25, 0.3) is 10.0 Å². The minimum Gasteiger partial charge on any atom is -0.367 e. The summed E-state index contributed by atoms with van der Waals surface area (Å²) in [5.74, 6) is -3.47. The molecule has 2 atom stereocenters. The number of fused-ring (bicyclic) bond motifs is 1. The lowest BCUT2D eigenvalue weighted by Gasteiger charge is -2.31. The number of halogens is 7. The summed E-state index contributed by atoms with van der Waals surface area (Å²) < 4.78 is 113. The Balaban J connectivity index is 1.33. The Morgan fingerprint density at radius 3 is 2.29 bits per heavy atom. The summed E-state index contributed by atoms with van der Waals surface area (Å²) in [5.41, 5.74) is -1.03. The van der Waals surface area contributed by atoms with E-state index in [9.17, 15) is 26.0 Å². The molecule has 5 aromatic rings. The smallest absolute Gasteiger partial charge is 0.367 e. The van der Waals surface area contributed by atoms with Gasteiger partial charge >= 0.3 is 6.18 Å². The molecule has 3 aromatic heterocycles. The molecule has 0 amide bonds. The molecule has 6 rings (SSSR count). The number of nitrogens with zero attached hydrogens (tertiary/aromatic N) is 5. The minimum atomic E-state index is -4.73. The lowest BCUT2D eigenvalue weighted by atomic mass is 9.91. The first-order valence-corrected chi connectivity index (χ1v) is 16.4. The summed E-state index contributed by atoms with van der Waals surface area (Å²) in [6.45, 7) is 3.13. The molecule has 252 valence electrons. The molecule has 1 aliphatic rings. The number of aromatic nitrogens is 5. The average Bonchev–Trinajstić information content (AvgIpc) is 3.40. The van der Waals surface area contributed by atoms with Crippen LogP contribution in [0.5, 0.6) is 0 Å². The summed E-state index contributed by atoms with van der Waals surface area (Å²) in [5, 5.41) is 5.25. The van der Waals surface area contributed by atoms with Crippen LogP contribution in [0.3, 0.4) is 0 Å². The van der Waals surface area contributed by atoms with E-state index in [1.54, 1.807) is 19.1 Å². The molecule has 1 saturated carbocycles. The zero-order valence-corrected chi connectivity index (χ0v) is 26.8. The minimum absolute atomic E-state index is 0.0606. The van der Waals surface area contributed by atoms with Crippen molar-refractivity contribution in [2.24, 2.45) is 0 Å². The Bertz CT molecular complexity index is 2140. The Labute approximate surface area is 275 Å². The average molecular weight is 710 g/mol. The van der Waals surface area contributed by atoms with Crippen LogP contribution in [0.25, 0.3) is 22.3 Å². The third-order valence-corrected chi connectivity index (χ3v) is 9.82. The fraction of sp³-hybridized carbons (Fsp3) is 0.290. The molecule has 0 aliphatic heterocycles. The molecule has 17 heteroatoms. The molecule has 1 fully saturated rings. The summed E-state index contributed by atoms with van der Waals surface area (Å²) in [6.07, 6.45) is -1.59. The van der Waals surface area contributed by atoms with E-state index < -0.39 is 56.2 Å². The standard InChI is InChI=1S/C31H26ClF6N7O2S/c1-15-6-8-20(9-7-15)48(46,47)45-14-22(21-10-17(33)11-23(34)27(21)45)28-39-16(2)26(35)29(44-28)41-19-5-3-4-18(12-19)40-25-13-24(31(36,37)38)42-30(32)43-25/h6-11,13-14,18-19H,3-5,12H2,1-2H3,(H,39,41,44)(H,40,42,43)/t18-,19+/m0/s1. The molecule has 3 heterocycles. The second-order valence-corrected chi connectivity index (χ2v) is 13.6. The summed E-state index contributed by atoms with van der Waals surface area (Å²) in [6, 6.07) is 7.35. The van der Waals surface area contributed by atoms with E-state index in [1.165, 1.54) is 19.1 Å². The first-order chi connectivity index (χ1) is 22.6. The van der Waals surface area contributed by atoms with Gasteiger partial charge in [-0.15, -0.1) is 0 Å². The maximum Gasteiger partial charge on any atom is 0.433 e. The normalized spacial score (nSPS) is 17.1. The first kappa shape index (κ1) is 33.5. The van der Waals surface area contributed by atoms with Crippen molar-refractivity contribution < 1.29 is 34.8 Å². The van der Waals surface area contributed by atoms with Crippen LogP contribution in [0.15, 0.2) is 53.6 Å². The van der Waals surface area contributed by atoms with Gasteiger partial charge in [-0.25, -0.2) is 45.5 Å². The van der Waals surface area contributed by atoms with Gasteiger partial charge in [-0.2, -0.15) is 13.2 Å². The van der Waals surface area contributed by atoms with Crippen LogP contribution in [0.4, 0.5) is 38.0 Å². The fourth-order valence-corrected chi connectivity index (χ4v) is 7.26. The summed E-state index contributed by atoms with van der Waals surface area (Å²) in [7, 11) is -4.38. The van der Waals surface area contributed by atoms with E-state index in [2.05, 4.69) is 30.6 Å². The highest BCUT2D eigenvalue weighted by Crippen LogP contribution is 2.36. The van der Waals surface area contributed by atoms with Crippen molar-refractivity contribution in [3.05, 3.63) is 88.3 Å². The number of hydrogen-bond acceptors (Lipinski definition) is 8. The van der Waals surface area contributed by atoms with E-state index in [0.717, 1.165) is 23.9 Å². The number of alkyl halides is 3. The van der Waals surface area contributed by atoms with Gasteiger partial charge in [-0.05, 0) is 69.3 Å². The maximum absolute atomic E-state index is 15.4. The summed E-state index contributed by atoms with van der Waals surface area (Å²) in [4.78, 5) is 15.4. The molecular weight excluding hydrogens is 684 g/mol. The third-order valence-electron chi connectivity index (χ3n) is 7.98. The zero-order chi connectivity index (χ0) is 34.5. The Hall–Kier alpha value is -4.44. The van der Waals surface area contributed by atoms with Crippen LogP contribution in [0.2, 0.25) is 5.28 Å². The number of hydrogen-bond donors (Lipinski definition) is 2. The van der Waals surface area contributed by atoms with E-state index >= 15 is 8.78 Å². The van der Waals surface area contributed by atoms with Crippen LogP contribution in [0, 0.1) is 31.3 Å². The van der Waals surface area contributed by atoms with Crippen LogP contribution in [0.1, 0.15) is 42.6 Å². The molecule has 48 heavy (non-hydrogen) atoms. The Kier molecular flexibility index (Phi) is 8.74. The van der Waals surface area contributed by atoms with E-state index in [-0.39, 0.29) is 45.0 Å². The van der Waals surface area contributed by atoms with E-state index in [0.29, 0.717) is 35.7 Å². The first-order valence-electron chi connectivity index (χ1n) is 14.6. The summed E-state index contributed by atoms with van der Waals surface area (Å²) >= 11 is 5.72. The number of aryl methyl sites for hydroxylation is 2. The van der Waals surface area contributed by atoms with Gasteiger partial charge in [0.15, 0.2) is 29.0 Å². The molecule has 2 N–H and O–H groups in total. The lowest BCUT2D eigenvalue weighted by Crippen LogP contribution is -2.35. The van der Waals surface area contributed by atoms with Gasteiger partial charge in [0.1, 0.15) is 17.2 Å². The van der Waals surface area contributed by atoms with Crippen LogP contribution in [-0.2, 0) is 16.2 Å². The predicted molar refractivity (Wildman–Crippen MR) is 167 cm³/mol. The van der Waals surface area contributed by atoms with Gasteiger partial charge in [0.05, 0.1) is 10.6 Å². The van der Waals surface area contributed by atoms with Crippen LogP contribution < -0.4 is 10.6 Å². The molecule has 0 saturated heterocycles. The third kappa shape index (κ3) is 6.63. The molecule has 0 radical (unpaired) electrons. The largest absolute Gasteiger partial charge is 0.433 e. The number of rotatable bonds is 7. The molecule has 2 aromatic carbocycles. The Morgan fingerprint density at radius 1 is 0.917 bits per heavy atom. The number of nitrogens with one attached hydrogen (secondary N) is 2. The van der Waals surface area contributed by atoms with Crippen LogP contribution in [-0.4, -0.2) is 44.4 Å².